The fraction of sp³-hybridized carbons (Fsp3) is 0.300. The molecule has 1 heterocycles. The van der Waals surface area contributed by atoms with Crippen molar-refractivity contribution in [1.29, 1.82) is 0 Å². The number of hydrogen-bond acceptors (Lipinski definition) is 2. The second-order valence-electron chi connectivity index (χ2n) is 9.86. The van der Waals surface area contributed by atoms with Crippen LogP contribution in [0.2, 0.25) is 10.0 Å². The number of aromatic amines is 1. The molecule has 0 unspecified atom stereocenters. The number of rotatable bonds is 11. The van der Waals surface area contributed by atoms with Gasteiger partial charge in [0, 0.05) is 43.3 Å². The normalized spacial score (nSPS) is 11.5. The van der Waals surface area contributed by atoms with Gasteiger partial charge in [0.05, 0.1) is 16.6 Å². The molecule has 1 N–H and O–H groups in total. The number of carbonyl (C=O) groups is 1. The van der Waals surface area contributed by atoms with Crippen molar-refractivity contribution in [3.05, 3.63) is 105 Å². The SMILES string of the molecule is CC(C)CN(CC(=O)N(CCc1c[nH]c2ccccc12)Cc1ccc(Cl)c(Cl)c1)Cc1ccc(F)cc1. The van der Waals surface area contributed by atoms with Gasteiger partial charge in [-0.2, -0.15) is 0 Å². The molecule has 3 aromatic carbocycles. The topological polar surface area (TPSA) is 39.3 Å². The molecule has 37 heavy (non-hydrogen) atoms. The van der Waals surface area contributed by atoms with Gasteiger partial charge in [0.1, 0.15) is 5.82 Å². The van der Waals surface area contributed by atoms with Crippen molar-refractivity contribution in [2.45, 2.75) is 33.4 Å². The Morgan fingerprint density at radius 3 is 2.41 bits per heavy atom. The van der Waals surface area contributed by atoms with Crippen LogP contribution in [0.4, 0.5) is 4.39 Å². The molecule has 194 valence electrons. The standard InChI is InChI=1S/C30H32Cl2FN3O/c1-21(2)17-35(18-22-7-10-25(33)11-8-22)20-30(37)36(19-23-9-12-27(31)28(32)15-23)14-13-24-16-34-29-6-4-3-5-26(24)29/h3-12,15-16,21,34H,13-14,17-20H2,1-2H3. The molecule has 7 heteroatoms. The van der Waals surface area contributed by atoms with E-state index in [1.807, 2.05) is 35.4 Å². The lowest BCUT2D eigenvalue weighted by Crippen LogP contribution is -2.42. The minimum absolute atomic E-state index is 0.0358. The zero-order valence-corrected chi connectivity index (χ0v) is 22.7. The first-order valence-electron chi connectivity index (χ1n) is 12.5. The summed E-state index contributed by atoms with van der Waals surface area (Å²) in [6.45, 7) is 6.86. The van der Waals surface area contributed by atoms with E-state index in [4.69, 9.17) is 23.2 Å². The van der Waals surface area contributed by atoms with Crippen LogP contribution in [0.1, 0.15) is 30.5 Å². The van der Waals surface area contributed by atoms with Crippen molar-refractivity contribution in [3.63, 3.8) is 0 Å². The molecule has 1 aromatic heterocycles. The lowest BCUT2D eigenvalue weighted by molar-refractivity contribution is -0.133. The number of benzene rings is 3. The number of H-pyrrole nitrogens is 1. The number of amides is 1. The first-order valence-corrected chi connectivity index (χ1v) is 13.3. The molecule has 0 aliphatic rings. The molecule has 0 saturated heterocycles. The van der Waals surface area contributed by atoms with Crippen LogP contribution < -0.4 is 0 Å². The van der Waals surface area contributed by atoms with Crippen LogP contribution in [-0.4, -0.2) is 40.3 Å². The molecular formula is C30H32Cl2FN3O. The summed E-state index contributed by atoms with van der Waals surface area (Å²) in [4.78, 5) is 21.1. The highest BCUT2D eigenvalue weighted by Crippen LogP contribution is 2.24. The van der Waals surface area contributed by atoms with Gasteiger partial charge in [-0.3, -0.25) is 9.69 Å². The quantitative estimate of drug-likeness (QED) is 0.216. The van der Waals surface area contributed by atoms with Crippen LogP contribution >= 0.6 is 23.2 Å². The van der Waals surface area contributed by atoms with Gasteiger partial charge in [0.15, 0.2) is 0 Å². The largest absolute Gasteiger partial charge is 0.361 e. The molecular weight excluding hydrogens is 508 g/mol. The predicted octanol–water partition coefficient (Wildman–Crippen LogP) is 7.34. The molecule has 0 bridgehead atoms. The first-order chi connectivity index (χ1) is 17.8. The number of fused-ring (bicyclic) bond motifs is 1. The van der Waals surface area contributed by atoms with Gasteiger partial charge >= 0.3 is 0 Å². The Hall–Kier alpha value is -2.86. The van der Waals surface area contributed by atoms with E-state index in [9.17, 15) is 9.18 Å². The van der Waals surface area contributed by atoms with E-state index in [0.717, 1.165) is 29.6 Å². The number of aromatic nitrogens is 1. The molecule has 0 fully saturated rings. The Balaban J connectivity index is 1.53. The van der Waals surface area contributed by atoms with Crippen LogP contribution in [0.15, 0.2) is 72.9 Å². The molecule has 4 nitrogen and oxygen atoms in total. The van der Waals surface area contributed by atoms with E-state index in [2.05, 4.69) is 35.9 Å². The van der Waals surface area contributed by atoms with Gasteiger partial charge in [-0.15, -0.1) is 0 Å². The minimum Gasteiger partial charge on any atom is -0.361 e. The third-order valence-electron chi connectivity index (χ3n) is 6.34. The lowest BCUT2D eigenvalue weighted by atomic mass is 10.1. The number of nitrogens with zero attached hydrogens (tertiary/aromatic N) is 2. The number of halogens is 3. The molecule has 4 aromatic rings. The van der Waals surface area contributed by atoms with Crippen molar-refractivity contribution in [3.8, 4) is 0 Å². The summed E-state index contributed by atoms with van der Waals surface area (Å²) in [6.07, 6.45) is 2.74. The fourth-order valence-electron chi connectivity index (χ4n) is 4.58. The monoisotopic (exact) mass is 539 g/mol. The Bertz CT molecular complexity index is 1340. The van der Waals surface area contributed by atoms with Gasteiger partial charge in [0.25, 0.3) is 0 Å². The Kier molecular flexibility index (Phi) is 9.25. The molecule has 1 amide bonds. The second kappa shape index (κ2) is 12.6. The third kappa shape index (κ3) is 7.57. The summed E-state index contributed by atoms with van der Waals surface area (Å²) < 4.78 is 13.4. The van der Waals surface area contributed by atoms with Gasteiger partial charge < -0.3 is 9.88 Å². The molecule has 0 aliphatic heterocycles. The number of carbonyl (C=O) groups excluding carboxylic acids is 1. The number of hydrogen-bond donors (Lipinski definition) is 1. The van der Waals surface area contributed by atoms with E-state index >= 15 is 0 Å². The molecule has 0 aliphatic carbocycles. The van der Waals surface area contributed by atoms with Crippen LogP contribution in [0.3, 0.4) is 0 Å². The maximum Gasteiger partial charge on any atom is 0.237 e. The van der Waals surface area contributed by atoms with Crippen molar-refractivity contribution < 1.29 is 9.18 Å². The van der Waals surface area contributed by atoms with Crippen molar-refractivity contribution in [2.24, 2.45) is 5.92 Å². The van der Waals surface area contributed by atoms with E-state index < -0.39 is 0 Å². The Labute approximate surface area is 228 Å². The molecule has 0 radical (unpaired) electrons. The number of para-hydroxylation sites is 1. The zero-order valence-electron chi connectivity index (χ0n) is 21.2. The molecule has 0 saturated carbocycles. The summed E-state index contributed by atoms with van der Waals surface area (Å²) in [5.74, 6) is 0.150. The van der Waals surface area contributed by atoms with E-state index in [0.29, 0.717) is 35.6 Å². The average Bonchev–Trinajstić information content (AvgIpc) is 3.28. The third-order valence-corrected chi connectivity index (χ3v) is 7.08. The van der Waals surface area contributed by atoms with E-state index in [-0.39, 0.29) is 18.3 Å². The van der Waals surface area contributed by atoms with Gasteiger partial charge in [0.2, 0.25) is 5.91 Å². The van der Waals surface area contributed by atoms with Crippen LogP contribution in [0.5, 0.6) is 0 Å². The second-order valence-corrected chi connectivity index (χ2v) is 10.7. The summed E-state index contributed by atoms with van der Waals surface area (Å²) in [5.41, 5.74) is 4.16. The minimum atomic E-state index is -0.264. The summed E-state index contributed by atoms with van der Waals surface area (Å²) >= 11 is 12.4. The Morgan fingerprint density at radius 1 is 0.946 bits per heavy atom. The summed E-state index contributed by atoms with van der Waals surface area (Å²) in [6, 6.07) is 20.1. The van der Waals surface area contributed by atoms with Crippen molar-refractivity contribution in [2.75, 3.05) is 19.6 Å². The van der Waals surface area contributed by atoms with E-state index in [1.54, 1.807) is 18.2 Å². The maximum absolute atomic E-state index is 13.7. The lowest BCUT2D eigenvalue weighted by Gasteiger charge is -2.29. The summed E-state index contributed by atoms with van der Waals surface area (Å²) in [5, 5.41) is 2.13. The smallest absolute Gasteiger partial charge is 0.237 e. The molecule has 0 spiro atoms. The number of nitrogens with one attached hydrogen (secondary N) is 1. The van der Waals surface area contributed by atoms with Crippen molar-refractivity contribution in [1.82, 2.24) is 14.8 Å². The van der Waals surface area contributed by atoms with Crippen LogP contribution in [0, 0.1) is 11.7 Å². The van der Waals surface area contributed by atoms with E-state index in [1.165, 1.54) is 23.1 Å². The zero-order chi connectivity index (χ0) is 26.4. The predicted molar refractivity (Wildman–Crippen MR) is 150 cm³/mol. The maximum atomic E-state index is 13.7. The molecule has 0 atom stereocenters. The highest BCUT2D eigenvalue weighted by Gasteiger charge is 2.20. The highest BCUT2D eigenvalue weighted by molar-refractivity contribution is 6.42. The van der Waals surface area contributed by atoms with Gasteiger partial charge in [-0.05, 0) is 59.4 Å². The van der Waals surface area contributed by atoms with Gasteiger partial charge in [-0.25, -0.2) is 4.39 Å². The van der Waals surface area contributed by atoms with Crippen LogP contribution in [0.25, 0.3) is 10.9 Å². The van der Waals surface area contributed by atoms with Crippen molar-refractivity contribution >= 4 is 40.0 Å². The van der Waals surface area contributed by atoms with Crippen LogP contribution in [-0.2, 0) is 24.3 Å². The molecule has 4 rings (SSSR count). The fourth-order valence-corrected chi connectivity index (χ4v) is 4.91. The summed E-state index contributed by atoms with van der Waals surface area (Å²) in [7, 11) is 0. The highest BCUT2D eigenvalue weighted by atomic mass is 35.5. The van der Waals surface area contributed by atoms with Gasteiger partial charge in [-0.1, -0.05) is 73.4 Å². The average molecular weight is 541 g/mol. The first kappa shape index (κ1) is 27.2. The Morgan fingerprint density at radius 2 is 1.68 bits per heavy atom.